The summed E-state index contributed by atoms with van der Waals surface area (Å²) in [5, 5.41) is 3.37. The van der Waals surface area contributed by atoms with Gasteiger partial charge in [0.1, 0.15) is 11.5 Å². The van der Waals surface area contributed by atoms with E-state index in [4.69, 9.17) is 0 Å². The summed E-state index contributed by atoms with van der Waals surface area (Å²) in [6, 6.07) is 11.5. The lowest BCUT2D eigenvalue weighted by Gasteiger charge is -2.24. The molecular formula is C21H30N4O. The average molecular weight is 354 g/mol. The number of nitrogens with one attached hydrogen (secondary N) is 1. The summed E-state index contributed by atoms with van der Waals surface area (Å²) in [6.07, 6.45) is 1.85. The van der Waals surface area contributed by atoms with Crippen molar-refractivity contribution in [1.82, 2.24) is 14.9 Å². The zero-order valence-electron chi connectivity index (χ0n) is 16.5. The lowest BCUT2D eigenvalue weighted by molar-refractivity contribution is 0.0749. The fraction of sp³-hybridized carbons (Fsp3) is 0.476. The van der Waals surface area contributed by atoms with Crippen molar-refractivity contribution in [2.24, 2.45) is 0 Å². The average Bonchev–Trinajstić information content (AvgIpc) is 2.60. The van der Waals surface area contributed by atoms with Crippen LogP contribution in [0.4, 0.5) is 5.82 Å². The highest BCUT2D eigenvalue weighted by Crippen LogP contribution is 2.21. The zero-order valence-corrected chi connectivity index (χ0v) is 16.5. The molecule has 0 unspecified atom stereocenters. The van der Waals surface area contributed by atoms with Crippen molar-refractivity contribution in [3.05, 3.63) is 42.1 Å². The van der Waals surface area contributed by atoms with Gasteiger partial charge in [-0.15, -0.1) is 0 Å². The van der Waals surface area contributed by atoms with Crippen molar-refractivity contribution in [3.8, 4) is 11.4 Å². The van der Waals surface area contributed by atoms with Crippen molar-refractivity contribution in [1.29, 1.82) is 0 Å². The van der Waals surface area contributed by atoms with Gasteiger partial charge in [0.15, 0.2) is 5.82 Å². The lowest BCUT2D eigenvalue weighted by atomic mass is 10.1. The van der Waals surface area contributed by atoms with Crippen LogP contribution in [0, 0.1) is 0 Å². The third-order valence-corrected chi connectivity index (χ3v) is 3.75. The summed E-state index contributed by atoms with van der Waals surface area (Å²) in [7, 11) is 0. The van der Waals surface area contributed by atoms with E-state index in [1.165, 1.54) is 0 Å². The number of hydrogen-bond donors (Lipinski definition) is 1. The Bertz CT molecular complexity index is 717. The number of rotatable bonds is 7. The summed E-state index contributed by atoms with van der Waals surface area (Å²) in [5.74, 6) is 1.20. The van der Waals surface area contributed by atoms with Gasteiger partial charge in [0.05, 0.1) is 0 Å². The topological polar surface area (TPSA) is 58.1 Å². The second-order valence-electron chi connectivity index (χ2n) is 7.50. The summed E-state index contributed by atoms with van der Waals surface area (Å²) in [4.78, 5) is 24.1. The Hall–Kier alpha value is -2.43. The molecule has 2 aromatic rings. The smallest absolute Gasteiger partial charge is 0.272 e. The molecule has 1 amide bonds. The molecule has 1 aromatic heterocycles. The van der Waals surface area contributed by atoms with Gasteiger partial charge in [-0.25, -0.2) is 9.97 Å². The predicted octanol–water partition coefficient (Wildman–Crippen LogP) is 4.62. The maximum absolute atomic E-state index is 13.0. The maximum atomic E-state index is 13.0. The van der Waals surface area contributed by atoms with Gasteiger partial charge in [-0.1, -0.05) is 44.2 Å². The molecule has 0 radical (unpaired) electrons. The number of benzene rings is 1. The molecule has 0 saturated carbocycles. The Labute approximate surface area is 156 Å². The van der Waals surface area contributed by atoms with Gasteiger partial charge in [0.25, 0.3) is 5.91 Å². The Balaban J connectivity index is 2.46. The first kappa shape index (κ1) is 19.9. The largest absolute Gasteiger partial charge is 0.365 e. The van der Waals surface area contributed by atoms with E-state index >= 15 is 0 Å². The van der Waals surface area contributed by atoms with Crippen LogP contribution in [0.25, 0.3) is 11.4 Å². The third-order valence-electron chi connectivity index (χ3n) is 3.75. The molecule has 0 atom stereocenters. The first-order valence-electron chi connectivity index (χ1n) is 9.36. The second-order valence-corrected chi connectivity index (χ2v) is 7.50. The molecule has 0 aliphatic carbocycles. The molecule has 0 fully saturated rings. The fourth-order valence-electron chi connectivity index (χ4n) is 2.74. The van der Waals surface area contributed by atoms with Gasteiger partial charge in [0.2, 0.25) is 0 Å². The molecule has 0 bridgehead atoms. The van der Waals surface area contributed by atoms with Gasteiger partial charge >= 0.3 is 0 Å². The number of aromatic nitrogens is 2. The van der Waals surface area contributed by atoms with Crippen molar-refractivity contribution in [3.63, 3.8) is 0 Å². The van der Waals surface area contributed by atoms with Crippen LogP contribution in [0.5, 0.6) is 0 Å². The minimum Gasteiger partial charge on any atom is -0.365 e. The zero-order chi connectivity index (χ0) is 19.2. The Morgan fingerprint density at radius 2 is 1.65 bits per heavy atom. The molecule has 140 valence electrons. The van der Waals surface area contributed by atoms with Crippen LogP contribution in [0.2, 0.25) is 0 Å². The molecule has 2 rings (SSSR count). The third kappa shape index (κ3) is 5.55. The molecule has 1 N–H and O–H groups in total. The predicted molar refractivity (Wildman–Crippen MR) is 107 cm³/mol. The van der Waals surface area contributed by atoms with Crippen LogP contribution < -0.4 is 5.32 Å². The van der Waals surface area contributed by atoms with E-state index in [2.05, 4.69) is 49.9 Å². The number of amides is 1. The number of carbonyl (C=O) groups is 1. The van der Waals surface area contributed by atoms with Crippen LogP contribution in [0.3, 0.4) is 0 Å². The van der Waals surface area contributed by atoms with Gasteiger partial charge < -0.3 is 10.2 Å². The second kappa shape index (κ2) is 8.79. The maximum Gasteiger partial charge on any atom is 0.272 e. The van der Waals surface area contributed by atoms with Crippen LogP contribution in [-0.4, -0.2) is 39.4 Å². The molecule has 26 heavy (non-hydrogen) atoms. The van der Waals surface area contributed by atoms with E-state index in [0.717, 1.165) is 31.5 Å². The number of anilines is 1. The van der Waals surface area contributed by atoms with Crippen LogP contribution in [-0.2, 0) is 0 Å². The standard InChI is InChI=1S/C21H30N4O/c1-6-13-25(14-7-2)20(26)17-15-18(24-21(3,4)5)23-19(22-17)16-11-9-8-10-12-16/h8-12,15H,6-7,13-14H2,1-5H3,(H,22,23,24). The van der Waals surface area contributed by atoms with Crippen molar-refractivity contribution >= 4 is 11.7 Å². The summed E-state index contributed by atoms with van der Waals surface area (Å²) >= 11 is 0. The Kier molecular flexibility index (Phi) is 6.72. The van der Waals surface area contributed by atoms with Gasteiger partial charge in [-0.05, 0) is 33.6 Å². The first-order chi connectivity index (χ1) is 12.3. The van der Waals surface area contributed by atoms with E-state index in [1.54, 1.807) is 6.07 Å². The summed E-state index contributed by atoms with van der Waals surface area (Å²) in [6.45, 7) is 11.8. The van der Waals surface area contributed by atoms with Crippen LogP contribution in [0.15, 0.2) is 36.4 Å². The quantitative estimate of drug-likeness (QED) is 0.788. The van der Waals surface area contributed by atoms with E-state index in [1.807, 2.05) is 35.2 Å². The fourth-order valence-corrected chi connectivity index (χ4v) is 2.74. The molecule has 5 heteroatoms. The highest BCUT2D eigenvalue weighted by molar-refractivity contribution is 5.93. The van der Waals surface area contributed by atoms with E-state index < -0.39 is 0 Å². The first-order valence-corrected chi connectivity index (χ1v) is 9.36. The molecule has 0 spiro atoms. The molecule has 0 saturated heterocycles. The van der Waals surface area contributed by atoms with E-state index in [9.17, 15) is 4.79 Å². The Morgan fingerprint density at radius 3 is 2.19 bits per heavy atom. The SMILES string of the molecule is CCCN(CCC)C(=O)c1cc(NC(C)(C)C)nc(-c2ccccc2)n1. The highest BCUT2D eigenvalue weighted by Gasteiger charge is 2.20. The number of hydrogen-bond acceptors (Lipinski definition) is 4. The molecule has 0 aliphatic heterocycles. The minimum absolute atomic E-state index is 0.0368. The number of carbonyl (C=O) groups excluding carboxylic acids is 1. The molecule has 1 heterocycles. The van der Waals surface area contributed by atoms with E-state index in [-0.39, 0.29) is 11.4 Å². The molecule has 0 aliphatic rings. The van der Waals surface area contributed by atoms with Crippen molar-refractivity contribution in [2.45, 2.75) is 53.0 Å². The number of nitrogens with zero attached hydrogens (tertiary/aromatic N) is 3. The summed E-state index contributed by atoms with van der Waals surface area (Å²) < 4.78 is 0. The molecule has 5 nitrogen and oxygen atoms in total. The van der Waals surface area contributed by atoms with Crippen LogP contribution >= 0.6 is 0 Å². The highest BCUT2D eigenvalue weighted by atomic mass is 16.2. The van der Waals surface area contributed by atoms with Gasteiger partial charge in [0, 0.05) is 30.3 Å². The van der Waals surface area contributed by atoms with Gasteiger partial charge in [-0.2, -0.15) is 0 Å². The molecular weight excluding hydrogens is 324 g/mol. The molecule has 1 aromatic carbocycles. The Morgan fingerprint density at radius 1 is 1.04 bits per heavy atom. The van der Waals surface area contributed by atoms with Crippen molar-refractivity contribution in [2.75, 3.05) is 18.4 Å². The van der Waals surface area contributed by atoms with Crippen molar-refractivity contribution < 1.29 is 4.79 Å². The van der Waals surface area contributed by atoms with Gasteiger partial charge in [-0.3, -0.25) is 4.79 Å². The monoisotopic (exact) mass is 354 g/mol. The minimum atomic E-state index is -0.158. The normalized spacial score (nSPS) is 11.3. The van der Waals surface area contributed by atoms with E-state index in [0.29, 0.717) is 17.3 Å². The van der Waals surface area contributed by atoms with Crippen LogP contribution in [0.1, 0.15) is 57.9 Å². The summed E-state index contributed by atoms with van der Waals surface area (Å²) in [5.41, 5.74) is 1.18. The lowest BCUT2D eigenvalue weighted by Crippen LogP contribution is -2.33.